The summed E-state index contributed by atoms with van der Waals surface area (Å²) in [6.07, 6.45) is 5.93. The van der Waals surface area contributed by atoms with Crippen molar-refractivity contribution in [1.29, 1.82) is 0 Å². The molecule has 3 aromatic heterocycles. The molecule has 0 radical (unpaired) electrons. The van der Waals surface area contributed by atoms with Crippen molar-refractivity contribution in [2.45, 2.75) is 32.7 Å². The third-order valence-corrected chi connectivity index (χ3v) is 7.54. The highest BCUT2D eigenvalue weighted by Crippen LogP contribution is 2.45. The Morgan fingerprint density at radius 1 is 1.26 bits per heavy atom. The average Bonchev–Trinajstić information content (AvgIpc) is 3.36. The van der Waals surface area contributed by atoms with Gasteiger partial charge in [-0.05, 0) is 31.9 Å². The molecule has 0 saturated carbocycles. The Kier molecular flexibility index (Phi) is 3.98. The number of likely N-dealkylation sites (tertiary alicyclic amines) is 1. The van der Waals surface area contributed by atoms with Gasteiger partial charge >= 0.3 is 0 Å². The molecular weight excluding hydrogens is 356 g/mol. The van der Waals surface area contributed by atoms with Crippen LogP contribution in [0.25, 0.3) is 10.2 Å². The van der Waals surface area contributed by atoms with Crippen LogP contribution in [-0.4, -0.2) is 50.8 Å². The fourth-order valence-electron chi connectivity index (χ4n) is 4.76. The summed E-state index contributed by atoms with van der Waals surface area (Å²) >= 11 is 1.80. The number of anilines is 1. The van der Waals surface area contributed by atoms with E-state index in [0.717, 1.165) is 43.2 Å². The van der Waals surface area contributed by atoms with Crippen LogP contribution in [0, 0.1) is 5.41 Å². The Hall–Kier alpha value is -1.99. The van der Waals surface area contributed by atoms with Crippen LogP contribution in [0.5, 0.6) is 0 Å². The fraction of sp³-hybridized carbons (Fsp3) is 0.550. The van der Waals surface area contributed by atoms with Crippen molar-refractivity contribution >= 4 is 27.4 Å². The van der Waals surface area contributed by atoms with Gasteiger partial charge in [0.15, 0.2) is 0 Å². The van der Waals surface area contributed by atoms with Crippen molar-refractivity contribution in [3.8, 4) is 0 Å². The van der Waals surface area contributed by atoms with Gasteiger partial charge in [-0.15, -0.1) is 11.3 Å². The van der Waals surface area contributed by atoms with Crippen LogP contribution in [0.3, 0.4) is 0 Å². The van der Waals surface area contributed by atoms with E-state index in [9.17, 15) is 0 Å². The first kappa shape index (κ1) is 17.1. The van der Waals surface area contributed by atoms with E-state index in [1.165, 1.54) is 22.4 Å². The van der Waals surface area contributed by atoms with Gasteiger partial charge in [-0.1, -0.05) is 6.92 Å². The predicted octanol–water partition coefficient (Wildman–Crippen LogP) is 3.26. The van der Waals surface area contributed by atoms with E-state index in [4.69, 9.17) is 0 Å². The summed E-state index contributed by atoms with van der Waals surface area (Å²) in [6, 6.07) is 4.85. The Labute approximate surface area is 163 Å². The van der Waals surface area contributed by atoms with Crippen molar-refractivity contribution < 1.29 is 0 Å². The van der Waals surface area contributed by atoms with Gasteiger partial charge in [-0.25, -0.2) is 9.97 Å². The van der Waals surface area contributed by atoms with Gasteiger partial charge in [0, 0.05) is 55.8 Å². The molecule has 0 unspecified atom stereocenters. The third-order valence-electron chi connectivity index (χ3n) is 6.36. The van der Waals surface area contributed by atoms with Crippen molar-refractivity contribution in [2.24, 2.45) is 12.5 Å². The van der Waals surface area contributed by atoms with Gasteiger partial charge in [0.25, 0.3) is 0 Å². The van der Waals surface area contributed by atoms with Crippen LogP contribution < -0.4 is 4.90 Å². The van der Waals surface area contributed by atoms with Crippen LogP contribution >= 0.6 is 11.3 Å². The first-order valence-corrected chi connectivity index (χ1v) is 10.6. The number of rotatable bonds is 4. The van der Waals surface area contributed by atoms with Gasteiger partial charge in [0.05, 0.1) is 11.1 Å². The van der Waals surface area contributed by atoms with Crippen LogP contribution in [0.1, 0.15) is 36.9 Å². The molecule has 0 aromatic carbocycles. The van der Waals surface area contributed by atoms with E-state index in [2.05, 4.69) is 50.8 Å². The zero-order chi connectivity index (χ0) is 18.6. The summed E-state index contributed by atoms with van der Waals surface area (Å²) in [5.41, 5.74) is 1.70. The summed E-state index contributed by atoms with van der Waals surface area (Å²) in [5.74, 6) is 1.13. The van der Waals surface area contributed by atoms with Gasteiger partial charge in [-0.3, -0.25) is 9.58 Å². The van der Waals surface area contributed by atoms with Crippen LogP contribution in [-0.2, 0) is 13.5 Å². The second-order valence-corrected chi connectivity index (χ2v) is 9.23. The second-order valence-electron chi connectivity index (χ2n) is 8.11. The number of aromatic nitrogens is 4. The second kappa shape index (κ2) is 6.27. The molecule has 2 saturated heterocycles. The molecule has 0 bridgehead atoms. The first-order valence-electron chi connectivity index (χ1n) is 9.79. The van der Waals surface area contributed by atoms with Gasteiger partial charge < -0.3 is 4.90 Å². The maximum Gasteiger partial charge on any atom is 0.140 e. The Bertz CT molecular complexity index is 970. The van der Waals surface area contributed by atoms with Crippen molar-refractivity contribution in [1.82, 2.24) is 24.6 Å². The molecule has 2 aliphatic rings. The normalized spacial score (nSPS) is 20.5. The van der Waals surface area contributed by atoms with Crippen molar-refractivity contribution in [3.05, 3.63) is 35.2 Å². The molecule has 27 heavy (non-hydrogen) atoms. The minimum atomic E-state index is 0.410. The summed E-state index contributed by atoms with van der Waals surface area (Å²) in [7, 11) is 2.03. The van der Waals surface area contributed by atoms with Crippen molar-refractivity contribution in [3.63, 3.8) is 0 Å². The monoisotopic (exact) mass is 382 g/mol. The lowest BCUT2D eigenvalue weighted by molar-refractivity contribution is -0.0142. The SMILES string of the molecule is CCc1cc2c(N3CCC4(C3)CN([C@H](C)c3ccnn3C)C4)ncnc2s1. The highest BCUT2D eigenvalue weighted by molar-refractivity contribution is 7.18. The zero-order valence-electron chi connectivity index (χ0n) is 16.2. The molecule has 1 spiro atoms. The molecule has 5 rings (SSSR count). The van der Waals surface area contributed by atoms with E-state index in [0.29, 0.717) is 11.5 Å². The highest BCUT2D eigenvalue weighted by atomic mass is 32.1. The summed E-state index contributed by atoms with van der Waals surface area (Å²) < 4.78 is 2.00. The Balaban J connectivity index is 1.32. The number of thiophene rings is 1. The van der Waals surface area contributed by atoms with Gasteiger partial charge in [0.2, 0.25) is 0 Å². The van der Waals surface area contributed by atoms with Crippen molar-refractivity contribution in [2.75, 3.05) is 31.1 Å². The minimum Gasteiger partial charge on any atom is -0.355 e. The van der Waals surface area contributed by atoms with Crippen LogP contribution in [0.15, 0.2) is 24.7 Å². The molecule has 0 N–H and O–H groups in total. The lowest BCUT2D eigenvalue weighted by Gasteiger charge is -2.50. The molecular formula is C20H26N6S. The van der Waals surface area contributed by atoms with E-state index in [1.807, 2.05) is 17.9 Å². The zero-order valence-corrected chi connectivity index (χ0v) is 17.0. The van der Waals surface area contributed by atoms with Gasteiger partial charge in [-0.2, -0.15) is 5.10 Å². The molecule has 7 heteroatoms. The molecule has 2 fully saturated rings. The lowest BCUT2D eigenvalue weighted by atomic mass is 9.78. The first-order chi connectivity index (χ1) is 13.1. The number of fused-ring (bicyclic) bond motifs is 1. The van der Waals surface area contributed by atoms with E-state index < -0.39 is 0 Å². The largest absolute Gasteiger partial charge is 0.355 e. The number of aryl methyl sites for hydroxylation is 2. The highest BCUT2D eigenvalue weighted by Gasteiger charge is 2.49. The van der Waals surface area contributed by atoms with E-state index >= 15 is 0 Å². The summed E-state index contributed by atoms with van der Waals surface area (Å²) in [4.78, 5) is 16.7. The number of hydrogen-bond donors (Lipinski definition) is 0. The van der Waals surface area contributed by atoms with Crippen LogP contribution in [0.4, 0.5) is 5.82 Å². The summed E-state index contributed by atoms with van der Waals surface area (Å²) in [5, 5.41) is 5.56. The molecule has 2 aliphatic heterocycles. The standard InChI is InChI=1S/C20H26N6S/c1-4-15-9-16-18(21-13-22-19(16)27-15)25-8-6-20(10-25)11-26(12-20)14(2)17-5-7-23-24(17)3/h5,7,9,13-14H,4,6,8,10-12H2,1-3H3/t14-/m1/s1. The lowest BCUT2D eigenvalue weighted by Crippen LogP contribution is -2.58. The van der Waals surface area contributed by atoms with E-state index in [1.54, 1.807) is 17.7 Å². The molecule has 142 valence electrons. The Morgan fingerprint density at radius 2 is 2.11 bits per heavy atom. The quantitative estimate of drug-likeness (QED) is 0.693. The molecule has 3 aromatic rings. The smallest absolute Gasteiger partial charge is 0.140 e. The molecule has 0 amide bonds. The Morgan fingerprint density at radius 3 is 2.85 bits per heavy atom. The maximum atomic E-state index is 4.66. The topological polar surface area (TPSA) is 50.1 Å². The minimum absolute atomic E-state index is 0.410. The fourth-order valence-corrected chi connectivity index (χ4v) is 5.69. The summed E-state index contributed by atoms with van der Waals surface area (Å²) in [6.45, 7) is 9.02. The molecule has 0 aliphatic carbocycles. The average molecular weight is 383 g/mol. The number of hydrogen-bond acceptors (Lipinski definition) is 6. The molecule has 1 atom stereocenters. The van der Waals surface area contributed by atoms with Crippen LogP contribution in [0.2, 0.25) is 0 Å². The van der Waals surface area contributed by atoms with Gasteiger partial charge in [0.1, 0.15) is 17.0 Å². The predicted molar refractivity (Wildman–Crippen MR) is 109 cm³/mol. The number of nitrogens with zero attached hydrogens (tertiary/aromatic N) is 6. The molecule has 6 nitrogen and oxygen atoms in total. The molecule has 5 heterocycles. The van der Waals surface area contributed by atoms with E-state index in [-0.39, 0.29) is 0 Å². The third kappa shape index (κ3) is 2.75. The maximum absolute atomic E-state index is 4.66.